The minimum atomic E-state index is -0.403. The van der Waals surface area contributed by atoms with E-state index in [1.807, 2.05) is 48.5 Å². The van der Waals surface area contributed by atoms with Crippen LogP contribution in [0.5, 0.6) is 0 Å². The first-order valence-corrected chi connectivity index (χ1v) is 11.8. The number of hydrogen-bond acceptors (Lipinski definition) is 4. The molecule has 0 bridgehead atoms. The van der Waals surface area contributed by atoms with Crippen LogP contribution >= 0.6 is 0 Å². The van der Waals surface area contributed by atoms with E-state index in [-0.39, 0.29) is 37.0 Å². The predicted molar refractivity (Wildman–Crippen MR) is 139 cm³/mol. The summed E-state index contributed by atoms with van der Waals surface area (Å²) < 4.78 is 19.5. The normalized spacial score (nSPS) is 10.8. The molecule has 0 saturated heterocycles. The van der Waals surface area contributed by atoms with Crippen LogP contribution in [0.3, 0.4) is 0 Å². The van der Waals surface area contributed by atoms with Gasteiger partial charge in [-0.2, -0.15) is 0 Å². The van der Waals surface area contributed by atoms with Gasteiger partial charge in [-0.25, -0.2) is 4.39 Å². The number of carbonyl (C=O) groups excluding carboxylic acids is 2. The van der Waals surface area contributed by atoms with E-state index in [0.29, 0.717) is 16.7 Å². The van der Waals surface area contributed by atoms with Crippen LogP contribution < -0.4 is 5.32 Å². The van der Waals surface area contributed by atoms with E-state index in [1.165, 1.54) is 12.1 Å². The number of aromatic nitrogens is 1. The van der Waals surface area contributed by atoms with E-state index in [1.54, 1.807) is 47.6 Å². The lowest BCUT2D eigenvalue weighted by molar-refractivity contribution is -0.115. The fourth-order valence-electron chi connectivity index (χ4n) is 4.15. The first-order chi connectivity index (χ1) is 18.1. The van der Waals surface area contributed by atoms with Crippen molar-refractivity contribution < 1.29 is 18.4 Å². The van der Waals surface area contributed by atoms with Crippen LogP contribution in [0.2, 0.25) is 0 Å². The molecule has 37 heavy (non-hydrogen) atoms. The van der Waals surface area contributed by atoms with Gasteiger partial charge in [0, 0.05) is 30.9 Å². The number of nitrogens with one attached hydrogen (secondary N) is 1. The molecule has 0 aliphatic heterocycles. The third-order valence-corrected chi connectivity index (χ3v) is 5.93. The van der Waals surface area contributed by atoms with Crippen molar-refractivity contribution in [2.24, 2.45) is 0 Å². The first kappa shape index (κ1) is 23.9. The molecular formula is C30H24FN3O3. The van der Waals surface area contributed by atoms with Crippen molar-refractivity contribution in [2.45, 2.75) is 19.5 Å². The summed E-state index contributed by atoms with van der Waals surface area (Å²) in [5, 5.41) is 3.55. The lowest BCUT2D eigenvalue weighted by Gasteiger charge is -2.22. The summed E-state index contributed by atoms with van der Waals surface area (Å²) in [7, 11) is 0. The zero-order valence-corrected chi connectivity index (χ0v) is 19.9. The second kappa shape index (κ2) is 10.9. The molecule has 2 heterocycles. The molecule has 184 valence electrons. The number of halogens is 1. The maximum atomic E-state index is 13.9. The van der Waals surface area contributed by atoms with E-state index < -0.39 is 5.91 Å². The number of benzene rings is 3. The molecule has 0 fully saturated rings. The number of pyridine rings is 1. The Labute approximate surface area is 213 Å². The van der Waals surface area contributed by atoms with Gasteiger partial charge in [-0.3, -0.25) is 14.6 Å². The first-order valence-electron chi connectivity index (χ1n) is 11.8. The number of hydrogen-bond donors (Lipinski definition) is 1. The number of furan rings is 1. The summed E-state index contributed by atoms with van der Waals surface area (Å²) in [6.07, 6.45) is 3.50. The Morgan fingerprint density at radius 3 is 2.27 bits per heavy atom. The Hall–Kier alpha value is -4.78. The predicted octanol–water partition coefficient (Wildman–Crippen LogP) is 5.99. The van der Waals surface area contributed by atoms with E-state index in [2.05, 4.69) is 10.3 Å². The molecule has 6 nitrogen and oxygen atoms in total. The molecule has 0 unspecified atom stereocenters. The van der Waals surface area contributed by atoms with Gasteiger partial charge in [0.25, 0.3) is 5.91 Å². The minimum absolute atomic E-state index is 0.0358. The second-order valence-corrected chi connectivity index (χ2v) is 8.66. The van der Waals surface area contributed by atoms with Crippen LogP contribution in [0, 0.1) is 5.82 Å². The Bertz CT molecular complexity index is 1520. The Balaban J connectivity index is 1.49. The van der Waals surface area contributed by atoms with Crippen molar-refractivity contribution in [3.63, 3.8) is 0 Å². The lowest BCUT2D eigenvalue weighted by atomic mass is 10.1. The van der Waals surface area contributed by atoms with Crippen molar-refractivity contribution in [2.75, 3.05) is 5.32 Å². The minimum Gasteiger partial charge on any atom is -0.449 e. The molecule has 1 N–H and O–H groups in total. The molecular weight excluding hydrogens is 469 g/mol. The fourth-order valence-corrected chi connectivity index (χ4v) is 4.15. The molecule has 7 heteroatoms. The third kappa shape index (κ3) is 5.73. The van der Waals surface area contributed by atoms with Gasteiger partial charge in [-0.05, 0) is 47.0 Å². The molecule has 3 aromatic carbocycles. The van der Waals surface area contributed by atoms with Gasteiger partial charge in [-0.1, -0.05) is 60.7 Å². The highest BCUT2D eigenvalue weighted by molar-refractivity contribution is 6.11. The zero-order chi connectivity index (χ0) is 25.6. The van der Waals surface area contributed by atoms with Crippen LogP contribution in [-0.4, -0.2) is 21.7 Å². The summed E-state index contributed by atoms with van der Waals surface area (Å²) in [4.78, 5) is 32.6. The Morgan fingerprint density at radius 1 is 0.811 bits per heavy atom. The van der Waals surface area contributed by atoms with E-state index in [9.17, 15) is 14.0 Å². The van der Waals surface area contributed by atoms with Gasteiger partial charge in [0.15, 0.2) is 0 Å². The number of amides is 2. The van der Waals surface area contributed by atoms with Crippen LogP contribution in [0.25, 0.3) is 11.0 Å². The Morgan fingerprint density at radius 2 is 1.51 bits per heavy atom. The topological polar surface area (TPSA) is 75.4 Å². The largest absolute Gasteiger partial charge is 0.449 e. The molecule has 0 aliphatic rings. The Kier molecular flexibility index (Phi) is 7.03. The molecule has 2 aromatic heterocycles. The van der Waals surface area contributed by atoms with Crippen LogP contribution in [-0.2, 0) is 24.3 Å². The standard InChI is InChI=1S/C30H24FN3O3/c31-24-14-12-22(13-15-24)19-34(20-23-9-6-16-32-18-23)30(36)29-28(25-10-4-5-11-26(25)37-29)33-27(35)17-21-7-2-1-3-8-21/h1-16,18H,17,19-20H2,(H,33,35). The van der Waals surface area contributed by atoms with Gasteiger partial charge < -0.3 is 14.6 Å². The van der Waals surface area contributed by atoms with Crippen molar-refractivity contribution in [3.8, 4) is 0 Å². The fraction of sp³-hybridized carbons (Fsp3) is 0.100. The van der Waals surface area contributed by atoms with Crippen LogP contribution in [0.4, 0.5) is 10.1 Å². The smallest absolute Gasteiger partial charge is 0.292 e. The number of rotatable bonds is 8. The van der Waals surface area contributed by atoms with Gasteiger partial charge in [-0.15, -0.1) is 0 Å². The zero-order valence-electron chi connectivity index (χ0n) is 19.9. The monoisotopic (exact) mass is 493 g/mol. The molecule has 0 spiro atoms. The molecule has 0 saturated carbocycles. The lowest BCUT2D eigenvalue weighted by Crippen LogP contribution is -2.31. The summed E-state index contributed by atoms with van der Waals surface area (Å²) >= 11 is 0. The van der Waals surface area contributed by atoms with E-state index in [0.717, 1.165) is 16.7 Å². The average Bonchev–Trinajstić information content (AvgIpc) is 3.28. The van der Waals surface area contributed by atoms with Crippen LogP contribution in [0.15, 0.2) is 108 Å². The van der Waals surface area contributed by atoms with Crippen molar-refractivity contribution in [3.05, 3.63) is 132 Å². The SMILES string of the molecule is O=C(Cc1ccccc1)Nc1c(C(=O)N(Cc2ccc(F)cc2)Cc2cccnc2)oc2ccccc12. The van der Waals surface area contributed by atoms with Crippen LogP contribution in [0.1, 0.15) is 27.2 Å². The van der Waals surface area contributed by atoms with Gasteiger partial charge in [0.05, 0.1) is 6.42 Å². The van der Waals surface area contributed by atoms with Crippen molar-refractivity contribution in [1.82, 2.24) is 9.88 Å². The number of para-hydroxylation sites is 1. The molecule has 5 aromatic rings. The van der Waals surface area contributed by atoms with Gasteiger partial charge >= 0.3 is 0 Å². The molecule has 0 aliphatic carbocycles. The van der Waals surface area contributed by atoms with Gasteiger partial charge in [0.2, 0.25) is 11.7 Å². The number of carbonyl (C=O) groups is 2. The highest BCUT2D eigenvalue weighted by Crippen LogP contribution is 2.32. The average molecular weight is 494 g/mol. The van der Waals surface area contributed by atoms with Crippen molar-refractivity contribution in [1.29, 1.82) is 0 Å². The van der Waals surface area contributed by atoms with E-state index in [4.69, 9.17) is 4.42 Å². The summed E-state index contributed by atoms with van der Waals surface area (Å²) in [5.74, 6) is -0.980. The van der Waals surface area contributed by atoms with E-state index >= 15 is 0 Å². The van der Waals surface area contributed by atoms with Crippen molar-refractivity contribution >= 4 is 28.5 Å². The number of anilines is 1. The molecule has 0 atom stereocenters. The molecule has 0 radical (unpaired) electrons. The highest BCUT2D eigenvalue weighted by Gasteiger charge is 2.27. The molecule has 5 rings (SSSR count). The summed E-state index contributed by atoms with van der Waals surface area (Å²) in [6.45, 7) is 0.459. The second-order valence-electron chi connectivity index (χ2n) is 8.66. The third-order valence-electron chi connectivity index (χ3n) is 5.93. The quantitative estimate of drug-likeness (QED) is 0.288. The summed E-state index contributed by atoms with van der Waals surface area (Å²) in [5.41, 5.74) is 3.25. The summed E-state index contributed by atoms with van der Waals surface area (Å²) in [6, 6.07) is 26.2. The maximum Gasteiger partial charge on any atom is 0.292 e. The van der Waals surface area contributed by atoms with Gasteiger partial charge in [0.1, 0.15) is 17.1 Å². The number of fused-ring (bicyclic) bond motifs is 1. The number of nitrogens with zero attached hydrogens (tertiary/aromatic N) is 2. The molecule has 2 amide bonds. The maximum absolute atomic E-state index is 13.9. The highest BCUT2D eigenvalue weighted by atomic mass is 19.1.